The number of nitro benzene ring substituents is 1. The van der Waals surface area contributed by atoms with Crippen molar-refractivity contribution in [2.45, 2.75) is 6.04 Å². The van der Waals surface area contributed by atoms with E-state index in [4.69, 9.17) is 9.47 Å². The number of aromatic amines is 1. The summed E-state index contributed by atoms with van der Waals surface area (Å²) in [5, 5.41) is 12.6. The lowest BCUT2D eigenvalue weighted by atomic mass is 9.95. The smallest absolute Gasteiger partial charge is 0.320 e. The summed E-state index contributed by atoms with van der Waals surface area (Å²) in [7, 11) is 2.76. The zero-order valence-electron chi connectivity index (χ0n) is 15.6. The van der Waals surface area contributed by atoms with Crippen LogP contribution in [0.2, 0.25) is 0 Å². The minimum atomic E-state index is -0.645. The molecule has 9 heteroatoms. The maximum atomic E-state index is 13.9. The number of halogens is 1. The van der Waals surface area contributed by atoms with Crippen LogP contribution in [0.3, 0.4) is 0 Å². The van der Waals surface area contributed by atoms with Crippen LogP contribution in [0.4, 0.5) is 10.1 Å². The van der Waals surface area contributed by atoms with Crippen molar-refractivity contribution in [3.63, 3.8) is 0 Å². The predicted molar refractivity (Wildman–Crippen MR) is 104 cm³/mol. The number of hydrogen-bond donors (Lipinski definition) is 1. The maximum absolute atomic E-state index is 13.9. The number of methoxy groups -OCH3 is 2. The second kappa shape index (κ2) is 7.27. The average Bonchev–Trinajstić information content (AvgIpc) is 3.38. The van der Waals surface area contributed by atoms with Crippen molar-refractivity contribution in [3.8, 4) is 11.5 Å². The molecule has 4 aromatic rings. The van der Waals surface area contributed by atoms with Gasteiger partial charge in [0.1, 0.15) is 5.82 Å². The maximum Gasteiger partial charge on any atom is 0.320 e. The monoisotopic (exact) mass is 396 g/mol. The van der Waals surface area contributed by atoms with Crippen molar-refractivity contribution < 1.29 is 18.8 Å². The molecule has 2 aromatic carbocycles. The summed E-state index contributed by atoms with van der Waals surface area (Å²) < 4.78 is 26.2. The summed E-state index contributed by atoms with van der Waals surface area (Å²) in [5.74, 6) is -0.131. The van der Waals surface area contributed by atoms with E-state index in [1.165, 1.54) is 26.4 Å². The van der Waals surface area contributed by atoms with Gasteiger partial charge in [-0.1, -0.05) is 0 Å². The number of fused-ring (bicyclic) bond motifs is 1. The van der Waals surface area contributed by atoms with Crippen LogP contribution in [-0.4, -0.2) is 33.7 Å². The Balaban J connectivity index is 2.04. The van der Waals surface area contributed by atoms with E-state index in [1.807, 2.05) is 0 Å². The molecule has 0 saturated carbocycles. The Morgan fingerprint density at radius 1 is 1.21 bits per heavy atom. The third kappa shape index (κ3) is 3.06. The van der Waals surface area contributed by atoms with Crippen LogP contribution in [-0.2, 0) is 0 Å². The molecule has 0 aliphatic heterocycles. The summed E-state index contributed by atoms with van der Waals surface area (Å²) in [4.78, 5) is 18.7. The van der Waals surface area contributed by atoms with Crippen LogP contribution in [0, 0.1) is 15.9 Å². The normalized spacial score (nSPS) is 12.1. The first-order valence-electron chi connectivity index (χ1n) is 8.68. The topological polar surface area (TPSA) is 95.2 Å². The zero-order valence-corrected chi connectivity index (χ0v) is 15.6. The van der Waals surface area contributed by atoms with Gasteiger partial charge in [-0.15, -0.1) is 0 Å². The van der Waals surface area contributed by atoms with E-state index in [9.17, 15) is 14.5 Å². The van der Waals surface area contributed by atoms with E-state index < -0.39 is 16.8 Å². The highest BCUT2D eigenvalue weighted by atomic mass is 19.1. The van der Waals surface area contributed by atoms with E-state index in [2.05, 4.69) is 9.97 Å². The SMILES string of the molecule is COc1ccc(C(c2c[nH]c3ccc(F)cc23)n2ccnc2)c([N+](=O)[O-])c1OC. The van der Waals surface area contributed by atoms with Crippen LogP contribution in [0.15, 0.2) is 55.2 Å². The van der Waals surface area contributed by atoms with Gasteiger partial charge >= 0.3 is 5.69 Å². The zero-order chi connectivity index (χ0) is 20.5. The van der Waals surface area contributed by atoms with Crippen LogP contribution < -0.4 is 9.47 Å². The molecule has 0 spiro atoms. The lowest BCUT2D eigenvalue weighted by Crippen LogP contribution is -2.13. The number of benzene rings is 2. The van der Waals surface area contributed by atoms with Crippen LogP contribution in [0.1, 0.15) is 17.2 Å². The number of nitro groups is 1. The molecule has 29 heavy (non-hydrogen) atoms. The quantitative estimate of drug-likeness (QED) is 0.392. The Labute approximate surface area is 164 Å². The first-order chi connectivity index (χ1) is 14.0. The van der Waals surface area contributed by atoms with Gasteiger partial charge < -0.3 is 19.0 Å². The number of rotatable bonds is 6. The lowest BCUT2D eigenvalue weighted by molar-refractivity contribution is -0.386. The first kappa shape index (κ1) is 18.5. The van der Waals surface area contributed by atoms with Crippen molar-refractivity contribution in [1.29, 1.82) is 0 Å². The summed E-state index contributed by atoms with van der Waals surface area (Å²) in [6, 6.07) is 6.96. The molecule has 4 rings (SSSR count). The summed E-state index contributed by atoms with van der Waals surface area (Å²) in [5.41, 5.74) is 1.51. The average molecular weight is 396 g/mol. The standard InChI is InChI=1S/C20H17FN4O4/c1-28-17-6-4-13(19(25(26)27)20(17)29-2)18(24-8-7-22-11-24)15-10-23-16-5-3-12(21)9-14(15)16/h3-11,18,23H,1-2H3. The van der Waals surface area contributed by atoms with Gasteiger partial charge in [0.2, 0.25) is 5.75 Å². The molecule has 0 fully saturated rings. The third-order valence-electron chi connectivity index (χ3n) is 4.82. The van der Waals surface area contributed by atoms with Gasteiger partial charge in [-0.3, -0.25) is 10.1 Å². The molecule has 2 aromatic heterocycles. The van der Waals surface area contributed by atoms with E-state index in [-0.39, 0.29) is 17.2 Å². The lowest BCUT2D eigenvalue weighted by Gasteiger charge is -2.20. The molecule has 0 radical (unpaired) electrons. The number of nitrogens with one attached hydrogen (secondary N) is 1. The molecular weight excluding hydrogens is 379 g/mol. The Morgan fingerprint density at radius 3 is 2.69 bits per heavy atom. The van der Waals surface area contributed by atoms with E-state index in [1.54, 1.807) is 47.7 Å². The van der Waals surface area contributed by atoms with Crippen molar-refractivity contribution in [2.75, 3.05) is 14.2 Å². The van der Waals surface area contributed by atoms with Gasteiger partial charge in [0.15, 0.2) is 5.75 Å². The second-order valence-electron chi connectivity index (χ2n) is 6.34. The molecule has 0 aliphatic carbocycles. The van der Waals surface area contributed by atoms with Crippen molar-refractivity contribution in [3.05, 3.63) is 82.3 Å². The highest BCUT2D eigenvalue weighted by Crippen LogP contribution is 2.45. The van der Waals surface area contributed by atoms with E-state index in [0.29, 0.717) is 16.5 Å². The Morgan fingerprint density at radius 2 is 2.03 bits per heavy atom. The molecule has 148 valence electrons. The fraction of sp³-hybridized carbons (Fsp3) is 0.150. The minimum absolute atomic E-state index is 0.0196. The van der Waals surface area contributed by atoms with Crippen molar-refractivity contribution >= 4 is 16.6 Å². The molecule has 1 unspecified atom stereocenters. The van der Waals surface area contributed by atoms with E-state index in [0.717, 1.165) is 5.52 Å². The molecule has 0 bridgehead atoms. The highest BCUT2D eigenvalue weighted by molar-refractivity contribution is 5.84. The van der Waals surface area contributed by atoms with Gasteiger partial charge in [0.25, 0.3) is 0 Å². The number of nitrogens with zero attached hydrogens (tertiary/aromatic N) is 3. The Bertz CT molecular complexity index is 1190. The molecule has 8 nitrogen and oxygen atoms in total. The van der Waals surface area contributed by atoms with Gasteiger partial charge in [-0.25, -0.2) is 9.37 Å². The molecule has 0 saturated heterocycles. The van der Waals surface area contributed by atoms with Crippen molar-refractivity contribution in [2.24, 2.45) is 0 Å². The Kier molecular flexibility index (Phi) is 4.63. The van der Waals surface area contributed by atoms with Gasteiger partial charge in [0, 0.05) is 35.1 Å². The van der Waals surface area contributed by atoms with Crippen LogP contribution in [0.25, 0.3) is 10.9 Å². The first-order valence-corrected chi connectivity index (χ1v) is 8.68. The number of aromatic nitrogens is 3. The molecule has 1 atom stereocenters. The summed E-state index contributed by atoms with van der Waals surface area (Å²) in [6.45, 7) is 0. The van der Waals surface area contributed by atoms with Crippen LogP contribution in [0.5, 0.6) is 11.5 Å². The molecular formula is C20H17FN4O4. The summed E-state index contributed by atoms with van der Waals surface area (Å²) >= 11 is 0. The largest absolute Gasteiger partial charge is 0.493 e. The fourth-order valence-electron chi connectivity index (χ4n) is 3.59. The third-order valence-corrected chi connectivity index (χ3v) is 4.82. The van der Waals surface area contributed by atoms with Gasteiger partial charge in [-0.05, 0) is 30.3 Å². The fourth-order valence-corrected chi connectivity index (χ4v) is 3.59. The summed E-state index contributed by atoms with van der Waals surface area (Å²) in [6.07, 6.45) is 6.55. The predicted octanol–water partition coefficient (Wildman–Crippen LogP) is 4.07. The molecule has 0 amide bonds. The number of imidazole rings is 1. The number of ether oxygens (including phenoxy) is 2. The van der Waals surface area contributed by atoms with Crippen LogP contribution >= 0.6 is 0 Å². The second-order valence-corrected chi connectivity index (χ2v) is 6.34. The number of hydrogen-bond acceptors (Lipinski definition) is 5. The van der Waals surface area contributed by atoms with Gasteiger partial charge in [0.05, 0.1) is 37.1 Å². The van der Waals surface area contributed by atoms with E-state index >= 15 is 0 Å². The number of H-pyrrole nitrogens is 1. The molecule has 2 heterocycles. The molecule has 0 aliphatic rings. The Hall–Kier alpha value is -3.88. The minimum Gasteiger partial charge on any atom is -0.493 e. The highest BCUT2D eigenvalue weighted by Gasteiger charge is 2.32. The van der Waals surface area contributed by atoms with Gasteiger partial charge in [-0.2, -0.15) is 0 Å². The molecule has 1 N–H and O–H groups in total. The van der Waals surface area contributed by atoms with Crippen molar-refractivity contribution in [1.82, 2.24) is 14.5 Å².